The largest absolute Gasteiger partial charge is 0.392 e. The number of hydrogen-bond donors (Lipinski definition) is 1. The molecule has 0 atom stereocenters. The Hall–Kier alpha value is -0.410. The van der Waals surface area contributed by atoms with Crippen LogP contribution in [-0.4, -0.2) is 5.11 Å². The number of aliphatic hydroxyl groups excluding tert-OH is 1. The molecule has 0 fully saturated rings. The maximum absolute atomic E-state index is 13.1. The van der Waals surface area contributed by atoms with Crippen LogP contribution in [-0.2, 0) is 6.61 Å². The molecular weight excluding hydrogens is 211 g/mol. The van der Waals surface area contributed by atoms with Crippen molar-refractivity contribution in [3.63, 3.8) is 0 Å². The quantitative estimate of drug-likeness (QED) is 0.768. The van der Waals surface area contributed by atoms with Gasteiger partial charge in [0, 0.05) is 10.0 Å². The zero-order chi connectivity index (χ0) is 8.43. The van der Waals surface area contributed by atoms with Crippen molar-refractivity contribution in [1.29, 1.82) is 0 Å². The molecule has 0 unspecified atom stereocenters. The van der Waals surface area contributed by atoms with Gasteiger partial charge >= 0.3 is 0 Å². The van der Waals surface area contributed by atoms with Crippen molar-refractivity contribution in [3.8, 4) is 0 Å². The number of aliphatic hydroxyl groups is 1. The van der Waals surface area contributed by atoms with Crippen LogP contribution < -0.4 is 0 Å². The molecule has 1 aromatic rings. The third-order valence-corrected chi connectivity index (χ3v) is 2.43. The predicted octanol–water partition coefficient (Wildman–Crippen LogP) is 2.39. The molecule has 0 saturated carbocycles. The van der Waals surface area contributed by atoms with E-state index in [1.54, 1.807) is 19.1 Å². The summed E-state index contributed by atoms with van der Waals surface area (Å²) in [6, 6.07) is 3.29. The molecule has 0 saturated heterocycles. The molecule has 0 heterocycles. The fraction of sp³-hybridized carbons (Fsp3) is 0.250. The Balaban J connectivity index is 3.25. The van der Waals surface area contributed by atoms with E-state index < -0.39 is 0 Å². The van der Waals surface area contributed by atoms with Crippen molar-refractivity contribution in [2.24, 2.45) is 0 Å². The van der Waals surface area contributed by atoms with E-state index in [1.807, 2.05) is 0 Å². The van der Waals surface area contributed by atoms with Gasteiger partial charge in [0.05, 0.1) is 6.61 Å². The molecule has 0 amide bonds. The summed E-state index contributed by atoms with van der Waals surface area (Å²) in [6.45, 7) is 1.42. The van der Waals surface area contributed by atoms with E-state index in [2.05, 4.69) is 15.9 Å². The van der Waals surface area contributed by atoms with Crippen LogP contribution in [0.3, 0.4) is 0 Å². The minimum atomic E-state index is -0.332. The molecule has 1 rings (SSSR count). The van der Waals surface area contributed by atoms with Crippen molar-refractivity contribution < 1.29 is 9.50 Å². The molecule has 0 aromatic heterocycles. The van der Waals surface area contributed by atoms with Crippen LogP contribution in [0, 0.1) is 12.7 Å². The zero-order valence-electron chi connectivity index (χ0n) is 6.06. The molecule has 0 radical (unpaired) electrons. The monoisotopic (exact) mass is 218 g/mol. The normalized spacial score (nSPS) is 10.2. The second kappa shape index (κ2) is 3.32. The molecule has 1 N–H and O–H groups in total. The lowest BCUT2D eigenvalue weighted by atomic mass is 10.1. The standard InChI is InChI=1S/C8H8BrFO/c1-5-7(9)3-2-6(4-11)8(5)10/h2-3,11H,4H2,1H3. The Bertz CT molecular complexity index is 273. The van der Waals surface area contributed by atoms with Crippen molar-refractivity contribution in [2.75, 3.05) is 0 Å². The molecule has 0 aliphatic rings. The number of hydrogen-bond acceptors (Lipinski definition) is 1. The minimum absolute atomic E-state index is 0.250. The molecule has 3 heteroatoms. The molecule has 11 heavy (non-hydrogen) atoms. The topological polar surface area (TPSA) is 20.2 Å². The summed E-state index contributed by atoms with van der Waals surface area (Å²) in [5.41, 5.74) is 0.877. The first-order valence-corrected chi connectivity index (χ1v) is 4.00. The number of benzene rings is 1. The first-order valence-electron chi connectivity index (χ1n) is 3.21. The molecular formula is C8H8BrFO. The summed E-state index contributed by atoms with van der Waals surface area (Å²) in [5.74, 6) is -0.332. The summed E-state index contributed by atoms with van der Waals surface area (Å²) >= 11 is 3.19. The Morgan fingerprint density at radius 3 is 2.73 bits per heavy atom. The first kappa shape index (κ1) is 8.68. The lowest BCUT2D eigenvalue weighted by Gasteiger charge is -2.03. The van der Waals surface area contributed by atoms with Crippen molar-refractivity contribution in [1.82, 2.24) is 0 Å². The molecule has 1 aromatic carbocycles. The average Bonchev–Trinajstić information content (AvgIpc) is 2.01. The van der Waals surface area contributed by atoms with Crippen LogP contribution in [0.4, 0.5) is 4.39 Å². The van der Waals surface area contributed by atoms with Gasteiger partial charge in [0.15, 0.2) is 0 Å². The second-order valence-corrected chi connectivity index (χ2v) is 3.16. The highest BCUT2D eigenvalue weighted by Gasteiger charge is 2.06. The highest BCUT2D eigenvalue weighted by molar-refractivity contribution is 9.10. The van der Waals surface area contributed by atoms with Gasteiger partial charge in [0.2, 0.25) is 0 Å². The predicted molar refractivity (Wildman–Crippen MR) is 44.8 cm³/mol. The van der Waals surface area contributed by atoms with Crippen molar-refractivity contribution in [2.45, 2.75) is 13.5 Å². The van der Waals surface area contributed by atoms with E-state index in [1.165, 1.54) is 0 Å². The first-order chi connectivity index (χ1) is 5.16. The van der Waals surface area contributed by atoms with Gasteiger partial charge in [-0.1, -0.05) is 22.0 Å². The highest BCUT2D eigenvalue weighted by Crippen LogP contribution is 2.21. The SMILES string of the molecule is Cc1c(Br)ccc(CO)c1F. The van der Waals surface area contributed by atoms with E-state index in [9.17, 15) is 4.39 Å². The van der Waals surface area contributed by atoms with Crippen LogP contribution in [0.25, 0.3) is 0 Å². The molecule has 0 aliphatic heterocycles. The zero-order valence-corrected chi connectivity index (χ0v) is 7.65. The van der Waals surface area contributed by atoms with Crippen LogP contribution in [0.15, 0.2) is 16.6 Å². The molecule has 0 spiro atoms. The maximum atomic E-state index is 13.1. The van der Waals surface area contributed by atoms with Gasteiger partial charge in [-0.3, -0.25) is 0 Å². The van der Waals surface area contributed by atoms with Gasteiger partial charge in [-0.05, 0) is 18.6 Å². The Morgan fingerprint density at radius 1 is 1.55 bits per heavy atom. The average molecular weight is 219 g/mol. The van der Waals surface area contributed by atoms with Crippen molar-refractivity contribution in [3.05, 3.63) is 33.5 Å². The van der Waals surface area contributed by atoms with Gasteiger partial charge in [-0.15, -0.1) is 0 Å². The fourth-order valence-corrected chi connectivity index (χ4v) is 1.15. The lowest BCUT2D eigenvalue weighted by Crippen LogP contribution is -1.93. The molecule has 0 aliphatic carbocycles. The molecule has 0 bridgehead atoms. The highest BCUT2D eigenvalue weighted by atomic mass is 79.9. The van der Waals surface area contributed by atoms with Crippen LogP contribution in [0.5, 0.6) is 0 Å². The van der Waals surface area contributed by atoms with Crippen LogP contribution in [0.1, 0.15) is 11.1 Å². The van der Waals surface area contributed by atoms with E-state index >= 15 is 0 Å². The van der Waals surface area contributed by atoms with Crippen LogP contribution in [0.2, 0.25) is 0 Å². The third-order valence-electron chi connectivity index (χ3n) is 1.57. The Labute approximate surface area is 73.0 Å². The van der Waals surface area contributed by atoms with Gasteiger partial charge in [-0.2, -0.15) is 0 Å². The van der Waals surface area contributed by atoms with E-state index in [0.717, 1.165) is 4.47 Å². The Morgan fingerprint density at radius 2 is 2.18 bits per heavy atom. The lowest BCUT2D eigenvalue weighted by molar-refractivity contribution is 0.275. The van der Waals surface area contributed by atoms with E-state index in [0.29, 0.717) is 11.1 Å². The van der Waals surface area contributed by atoms with E-state index in [4.69, 9.17) is 5.11 Å². The fourth-order valence-electron chi connectivity index (χ4n) is 0.840. The molecule has 1 nitrogen and oxygen atoms in total. The van der Waals surface area contributed by atoms with Crippen LogP contribution >= 0.6 is 15.9 Å². The second-order valence-electron chi connectivity index (χ2n) is 2.30. The van der Waals surface area contributed by atoms with Crippen molar-refractivity contribution >= 4 is 15.9 Å². The third kappa shape index (κ3) is 1.60. The number of rotatable bonds is 1. The minimum Gasteiger partial charge on any atom is -0.392 e. The summed E-state index contributed by atoms with van der Waals surface area (Å²) in [7, 11) is 0. The summed E-state index contributed by atoms with van der Waals surface area (Å²) in [6.07, 6.45) is 0. The molecule has 60 valence electrons. The van der Waals surface area contributed by atoms with Gasteiger partial charge in [0.1, 0.15) is 5.82 Å². The smallest absolute Gasteiger partial charge is 0.132 e. The summed E-state index contributed by atoms with van der Waals surface area (Å²) in [5, 5.41) is 8.68. The van der Waals surface area contributed by atoms with Gasteiger partial charge in [0.25, 0.3) is 0 Å². The van der Waals surface area contributed by atoms with Gasteiger partial charge < -0.3 is 5.11 Å². The maximum Gasteiger partial charge on any atom is 0.132 e. The summed E-state index contributed by atoms with van der Waals surface area (Å²) < 4.78 is 13.8. The Kier molecular flexibility index (Phi) is 2.62. The van der Waals surface area contributed by atoms with Gasteiger partial charge in [-0.25, -0.2) is 4.39 Å². The van der Waals surface area contributed by atoms with E-state index in [-0.39, 0.29) is 12.4 Å². The summed E-state index contributed by atoms with van der Waals surface area (Å²) in [4.78, 5) is 0. The number of halogens is 2.